The number of carbonyl (C=O) groups is 1. The van der Waals surface area contributed by atoms with Gasteiger partial charge in [0.05, 0.1) is 6.54 Å². The molecule has 0 unspecified atom stereocenters. The van der Waals surface area contributed by atoms with E-state index in [1.165, 1.54) is 28.8 Å². The summed E-state index contributed by atoms with van der Waals surface area (Å²) in [5, 5.41) is 0. The van der Waals surface area contributed by atoms with E-state index in [1.807, 2.05) is 0 Å². The number of hydrogen-bond acceptors (Lipinski definition) is 5. The molecule has 1 aromatic rings. The van der Waals surface area contributed by atoms with Crippen molar-refractivity contribution in [2.45, 2.75) is 24.9 Å². The van der Waals surface area contributed by atoms with Crippen molar-refractivity contribution in [1.82, 2.24) is 19.1 Å². The van der Waals surface area contributed by atoms with Gasteiger partial charge in [0, 0.05) is 45.1 Å². The van der Waals surface area contributed by atoms with Gasteiger partial charge >= 0.3 is 6.18 Å². The Morgan fingerprint density at radius 3 is 2.39 bits per heavy atom. The quantitative estimate of drug-likeness (QED) is 0.665. The van der Waals surface area contributed by atoms with E-state index in [0.717, 1.165) is 4.90 Å². The molecule has 158 valence electrons. The Hall–Kier alpha value is -1.72. The predicted molar refractivity (Wildman–Crippen MR) is 96.9 cm³/mol. The number of amides is 1. The summed E-state index contributed by atoms with van der Waals surface area (Å²) in [6.07, 6.45) is -1.71. The van der Waals surface area contributed by atoms with E-state index in [-0.39, 0.29) is 50.1 Å². The van der Waals surface area contributed by atoms with Gasteiger partial charge in [0.2, 0.25) is 15.9 Å². The van der Waals surface area contributed by atoms with Gasteiger partial charge in [-0.15, -0.1) is 0 Å². The molecule has 11 heteroatoms. The Morgan fingerprint density at radius 2 is 1.89 bits per heavy atom. The van der Waals surface area contributed by atoms with Crippen LogP contribution in [0.5, 0.6) is 0 Å². The van der Waals surface area contributed by atoms with Crippen LogP contribution < -0.4 is 0 Å². The molecule has 1 aliphatic heterocycles. The molecule has 0 radical (unpaired) electrons. The van der Waals surface area contributed by atoms with Crippen LogP contribution in [0, 0.1) is 5.92 Å². The number of piperazine rings is 1. The van der Waals surface area contributed by atoms with Crippen molar-refractivity contribution in [3.63, 3.8) is 0 Å². The van der Waals surface area contributed by atoms with E-state index in [0.29, 0.717) is 0 Å². The van der Waals surface area contributed by atoms with E-state index >= 15 is 0 Å². The van der Waals surface area contributed by atoms with E-state index in [1.54, 1.807) is 18.7 Å². The Labute approximate surface area is 163 Å². The number of alkyl halides is 3. The third-order valence-electron chi connectivity index (χ3n) is 4.27. The zero-order valence-corrected chi connectivity index (χ0v) is 16.7. The van der Waals surface area contributed by atoms with Crippen molar-refractivity contribution in [2.24, 2.45) is 5.92 Å². The van der Waals surface area contributed by atoms with Crippen LogP contribution in [0.3, 0.4) is 0 Å². The van der Waals surface area contributed by atoms with E-state index < -0.39 is 28.7 Å². The molecule has 1 fully saturated rings. The second-order valence-corrected chi connectivity index (χ2v) is 9.09. The first-order chi connectivity index (χ1) is 13.0. The standard InChI is InChI=1S/C17H25F3N4O3S/c1-14(2)11-23(13-17(18,19)20)16(25)12-22-6-8-24(9-7-22)28(26,27)15-4-3-5-21-10-15/h3-5,10,14H,6-9,11-13H2,1-2H3. The molecular weight excluding hydrogens is 397 g/mol. The lowest BCUT2D eigenvalue weighted by atomic mass is 10.2. The number of aromatic nitrogens is 1. The molecule has 0 bridgehead atoms. The zero-order chi connectivity index (χ0) is 20.9. The fraction of sp³-hybridized carbons (Fsp3) is 0.647. The van der Waals surface area contributed by atoms with Crippen LogP contribution >= 0.6 is 0 Å². The average molecular weight is 422 g/mol. The molecule has 7 nitrogen and oxygen atoms in total. The SMILES string of the molecule is CC(C)CN(CC(F)(F)F)C(=O)CN1CCN(S(=O)(=O)c2cccnc2)CC1. The van der Waals surface area contributed by atoms with Gasteiger partial charge in [-0.05, 0) is 18.1 Å². The molecule has 28 heavy (non-hydrogen) atoms. The highest BCUT2D eigenvalue weighted by Gasteiger charge is 2.34. The summed E-state index contributed by atoms with van der Waals surface area (Å²) in [6, 6.07) is 2.99. The Kier molecular flexibility index (Phi) is 7.40. The Balaban J connectivity index is 1.94. The first kappa shape index (κ1) is 22.6. The minimum absolute atomic E-state index is 0.0215. The van der Waals surface area contributed by atoms with Gasteiger partial charge in [-0.1, -0.05) is 13.8 Å². The van der Waals surface area contributed by atoms with Crippen LogP contribution in [0.4, 0.5) is 13.2 Å². The van der Waals surface area contributed by atoms with Crippen LogP contribution in [0.25, 0.3) is 0 Å². The largest absolute Gasteiger partial charge is 0.406 e. The maximum absolute atomic E-state index is 12.8. The minimum Gasteiger partial charge on any atom is -0.332 e. The van der Waals surface area contributed by atoms with Crippen LogP contribution in [0.15, 0.2) is 29.4 Å². The molecule has 0 aliphatic carbocycles. The molecular formula is C17H25F3N4O3S. The molecule has 2 rings (SSSR count). The summed E-state index contributed by atoms with van der Waals surface area (Å²) in [5.41, 5.74) is 0. The number of rotatable bonds is 7. The highest BCUT2D eigenvalue weighted by molar-refractivity contribution is 7.89. The summed E-state index contributed by atoms with van der Waals surface area (Å²) < 4.78 is 64.7. The van der Waals surface area contributed by atoms with E-state index in [9.17, 15) is 26.4 Å². The van der Waals surface area contributed by atoms with Crippen LogP contribution in [0.2, 0.25) is 0 Å². The molecule has 0 atom stereocenters. The van der Waals surface area contributed by atoms with Gasteiger partial charge < -0.3 is 4.90 Å². The molecule has 2 heterocycles. The number of nitrogens with zero attached hydrogens (tertiary/aromatic N) is 4. The van der Waals surface area contributed by atoms with E-state index in [4.69, 9.17) is 0 Å². The van der Waals surface area contributed by atoms with Crippen LogP contribution in [-0.2, 0) is 14.8 Å². The summed E-state index contributed by atoms with van der Waals surface area (Å²) in [7, 11) is -3.67. The highest BCUT2D eigenvalue weighted by Crippen LogP contribution is 2.19. The second-order valence-electron chi connectivity index (χ2n) is 7.15. The smallest absolute Gasteiger partial charge is 0.332 e. The predicted octanol–water partition coefficient (Wildman–Crippen LogP) is 1.43. The van der Waals surface area contributed by atoms with Crippen molar-refractivity contribution >= 4 is 15.9 Å². The Bertz CT molecular complexity index is 749. The number of hydrogen-bond donors (Lipinski definition) is 0. The number of halogens is 3. The van der Waals surface area contributed by atoms with Crippen molar-refractivity contribution < 1.29 is 26.4 Å². The van der Waals surface area contributed by atoms with Gasteiger partial charge in [-0.3, -0.25) is 14.7 Å². The summed E-state index contributed by atoms with van der Waals surface area (Å²) in [6.45, 7) is 2.94. The van der Waals surface area contributed by atoms with Crippen molar-refractivity contribution in [1.29, 1.82) is 0 Å². The Morgan fingerprint density at radius 1 is 1.25 bits per heavy atom. The van der Waals surface area contributed by atoms with Gasteiger partial charge in [0.25, 0.3) is 0 Å². The molecule has 0 N–H and O–H groups in total. The van der Waals surface area contributed by atoms with Gasteiger partial charge in [-0.2, -0.15) is 17.5 Å². The molecule has 0 spiro atoms. The zero-order valence-electron chi connectivity index (χ0n) is 15.9. The fourth-order valence-corrected chi connectivity index (χ4v) is 4.37. The molecule has 1 amide bonds. The first-order valence-corrected chi connectivity index (χ1v) is 10.4. The van der Waals surface area contributed by atoms with Gasteiger partial charge in [0.15, 0.2) is 0 Å². The van der Waals surface area contributed by atoms with Crippen molar-refractivity contribution in [3.8, 4) is 0 Å². The lowest BCUT2D eigenvalue weighted by molar-refractivity contribution is -0.162. The normalized spacial score (nSPS) is 17.1. The average Bonchev–Trinajstić information content (AvgIpc) is 2.61. The van der Waals surface area contributed by atoms with Crippen LogP contribution in [-0.4, -0.2) is 85.4 Å². The fourth-order valence-electron chi connectivity index (χ4n) is 2.98. The topological polar surface area (TPSA) is 73.8 Å². The second kappa shape index (κ2) is 9.19. The lowest BCUT2D eigenvalue weighted by Gasteiger charge is -2.35. The molecule has 1 saturated heterocycles. The third kappa shape index (κ3) is 6.42. The summed E-state index contributed by atoms with van der Waals surface area (Å²) >= 11 is 0. The minimum atomic E-state index is -4.46. The van der Waals surface area contributed by atoms with Crippen molar-refractivity contribution in [2.75, 3.05) is 45.8 Å². The van der Waals surface area contributed by atoms with Crippen LogP contribution in [0.1, 0.15) is 13.8 Å². The maximum atomic E-state index is 12.8. The van der Waals surface area contributed by atoms with Crippen molar-refractivity contribution in [3.05, 3.63) is 24.5 Å². The molecule has 1 aromatic heterocycles. The highest BCUT2D eigenvalue weighted by atomic mass is 32.2. The number of carbonyl (C=O) groups excluding carboxylic acids is 1. The number of pyridine rings is 1. The monoisotopic (exact) mass is 422 g/mol. The third-order valence-corrected chi connectivity index (χ3v) is 6.15. The maximum Gasteiger partial charge on any atom is 0.406 e. The molecule has 0 saturated carbocycles. The summed E-state index contributed by atoms with van der Waals surface area (Å²) in [5.74, 6) is -0.692. The number of sulfonamides is 1. The molecule has 0 aromatic carbocycles. The lowest BCUT2D eigenvalue weighted by Crippen LogP contribution is -2.52. The van der Waals surface area contributed by atoms with E-state index in [2.05, 4.69) is 4.98 Å². The first-order valence-electron chi connectivity index (χ1n) is 8.96. The van der Waals surface area contributed by atoms with Gasteiger partial charge in [-0.25, -0.2) is 8.42 Å². The summed E-state index contributed by atoms with van der Waals surface area (Å²) in [4.78, 5) is 18.8. The van der Waals surface area contributed by atoms with Gasteiger partial charge in [0.1, 0.15) is 11.4 Å². The molecule has 1 aliphatic rings.